The first-order chi connectivity index (χ1) is 19.1. The molecular weight excluding hydrogens is 531 g/mol. The van der Waals surface area contributed by atoms with Crippen LogP contribution in [0.5, 0.6) is 5.75 Å². The minimum Gasteiger partial charge on any atom is -0.491 e. The Kier molecular flexibility index (Phi) is 7.67. The highest BCUT2D eigenvalue weighted by Gasteiger charge is 2.29. The zero-order valence-electron chi connectivity index (χ0n) is 23.0. The van der Waals surface area contributed by atoms with E-state index >= 15 is 4.39 Å². The lowest BCUT2D eigenvalue weighted by molar-refractivity contribution is 0.259. The van der Waals surface area contributed by atoms with Crippen LogP contribution in [0.15, 0.2) is 48.7 Å². The van der Waals surface area contributed by atoms with Gasteiger partial charge in [0, 0.05) is 36.8 Å². The van der Waals surface area contributed by atoms with E-state index in [0.717, 1.165) is 33.8 Å². The molecule has 0 atom stereocenters. The minimum absolute atomic E-state index is 0.00490. The minimum atomic E-state index is -0.834. The van der Waals surface area contributed by atoms with Gasteiger partial charge in [-0.05, 0) is 55.2 Å². The van der Waals surface area contributed by atoms with Gasteiger partial charge in [0.15, 0.2) is 0 Å². The molecule has 3 N–H and O–H groups in total. The van der Waals surface area contributed by atoms with Crippen molar-refractivity contribution in [1.82, 2.24) is 14.8 Å². The van der Waals surface area contributed by atoms with Crippen molar-refractivity contribution in [3.05, 3.63) is 81.9 Å². The van der Waals surface area contributed by atoms with Gasteiger partial charge in [-0.1, -0.05) is 43.6 Å². The molecule has 0 saturated carbocycles. The standard InChI is InChI=1S/C30H32ClFN6O2/c1-17(2)16-40-26-7-5-6-19(4)27(26)38-28(20-8-9-25(23(32)13-20)35-30(33)39)21-15-37(11-10-24(21)36-38)29-22(31)12-18(3)14-34-29/h5-9,12-14,17H,10-11,15-16H2,1-4H3,(H3,33,35,39). The van der Waals surface area contributed by atoms with E-state index in [1.54, 1.807) is 12.3 Å². The number of primary amides is 1. The summed E-state index contributed by atoms with van der Waals surface area (Å²) in [6.45, 7) is 9.85. The van der Waals surface area contributed by atoms with E-state index in [-0.39, 0.29) is 5.69 Å². The average molecular weight is 563 g/mol. The van der Waals surface area contributed by atoms with Crippen LogP contribution in [0.2, 0.25) is 5.02 Å². The zero-order chi connectivity index (χ0) is 28.6. The molecule has 1 aliphatic rings. The molecule has 40 heavy (non-hydrogen) atoms. The number of nitrogens with one attached hydrogen (secondary N) is 1. The number of rotatable bonds is 7. The number of amides is 2. The lowest BCUT2D eigenvalue weighted by atomic mass is 10.00. The van der Waals surface area contributed by atoms with Crippen LogP contribution in [0.4, 0.5) is 20.7 Å². The molecule has 0 saturated heterocycles. The summed E-state index contributed by atoms with van der Waals surface area (Å²) >= 11 is 6.59. The van der Waals surface area contributed by atoms with Gasteiger partial charge < -0.3 is 20.7 Å². The van der Waals surface area contributed by atoms with Gasteiger partial charge in [0.05, 0.1) is 28.7 Å². The number of hydrogen-bond acceptors (Lipinski definition) is 5. The molecule has 3 heterocycles. The fourth-order valence-electron chi connectivity index (χ4n) is 4.94. The highest BCUT2D eigenvalue weighted by Crippen LogP contribution is 2.39. The number of halogens is 2. The molecule has 0 unspecified atom stereocenters. The molecule has 0 spiro atoms. The Balaban J connectivity index is 1.68. The predicted molar refractivity (Wildman–Crippen MR) is 156 cm³/mol. The summed E-state index contributed by atoms with van der Waals surface area (Å²) < 4.78 is 23.3. The number of fused-ring (bicyclic) bond motifs is 1. The summed E-state index contributed by atoms with van der Waals surface area (Å²) in [7, 11) is 0. The average Bonchev–Trinajstić information content (AvgIpc) is 3.26. The fourth-order valence-corrected chi connectivity index (χ4v) is 5.28. The number of anilines is 2. The molecule has 0 aliphatic carbocycles. The third-order valence-corrected chi connectivity index (χ3v) is 7.06. The van der Waals surface area contributed by atoms with Gasteiger partial charge in [0.25, 0.3) is 0 Å². The number of hydrogen-bond donors (Lipinski definition) is 2. The number of carbonyl (C=O) groups excluding carboxylic acids is 1. The van der Waals surface area contributed by atoms with Crippen LogP contribution in [-0.2, 0) is 13.0 Å². The first-order valence-electron chi connectivity index (χ1n) is 13.2. The van der Waals surface area contributed by atoms with Crippen LogP contribution >= 0.6 is 11.6 Å². The highest BCUT2D eigenvalue weighted by atomic mass is 35.5. The summed E-state index contributed by atoms with van der Waals surface area (Å²) in [5.74, 6) is 1.12. The molecule has 8 nitrogen and oxygen atoms in total. The number of carbonyl (C=O) groups is 1. The van der Waals surface area contributed by atoms with E-state index in [4.69, 9.17) is 27.2 Å². The summed E-state index contributed by atoms with van der Waals surface area (Å²) in [6.07, 6.45) is 2.45. The third kappa shape index (κ3) is 5.47. The number of pyridine rings is 1. The molecule has 2 aromatic carbocycles. The lowest BCUT2D eigenvalue weighted by Gasteiger charge is -2.28. The number of benzene rings is 2. The summed E-state index contributed by atoms with van der Waals surface area (Å²) in [5, 5.41) is 7.96. The number of para-hydroxylation sites is 1. The molecule has 10 heteroatoms. The number of ether oxygens (including phenoxy) is 1. The Morgan fingerprint density at radius 2 is 2.02 bits per heavy atom. The number of nitrogens with zero attached hydrogens (tertiary/aromatic N) is 4. The van der Waals surface area contributed by atoms with Crippen LogP contribution in [0, 0.1) is 25.6 Å². The summed E-state index contributed by atoms with van der Waals surface area (Å²) in [4.78, 5) is 18.1. The van der Waals surface area contributed by atoms with Gasteiger partial charge >= 0.3 is 6.03 Å². The molecule has 2 amide bonds. The van der Waals surface area contributed by atoms with E-state index in [9.17, 15) is 4.79 Å². The van der Waals surface area contributed by atoms with Gasteiger partial charge in [-0.3, -0.25) is 0 Å². The third-order valence-electron chi connectivity index (χ3n) is 6.78. The smallest absolute Gasteiger partial charge is 0.316 e. The lowest BCUT2D eigenvalue weighted by Crippen LogP contribution is -2.31. The second-order valence-corrected chi connectivity index (χ2v) is 10.9. The van der Waals surface area contributed by atoms with Gasteiger partial charge in [0.1, 0.15) is 23.1 Å². The summed E-state index contributed by atoms with van der Waals surface area (Å²) in [6, 6.07) is 11.6. The largest absolute Gasteiger partial charge is 0.491 e. The maximum Gasteiger partial charge on any atom is 0.316 e. The second-order valence-electron chi connectivity index (χ2n) is 10.5. The Morgan fingerprint density at radius 3 is 2.73 bits per heavy atom. The van der Waals surface area contributed by atoms with Crippen molar-refractivity contribution in [3.63, 3.8) is 0 Å². The molecule has 208 valence electrons. The van der Waals surface area contributed by atoms with E-state index in [1.165, 1.54) is 12.1 Å². The van der Waals surface area contributed by atoms with Crippen molar-refractivity contribution in [2.45, 2.75) is 40.7 Å². The molecule has 0 fully saturated rings. The van der Waals surface area contributed by atoms with Crippen molar-refractivity contribution in [2.24, 2.45) is 11.7 Å². The number of nitrogens with two attached hydrogens (primary N) is 1. The fraction of sp³-hybridized carbons (Fsp3) is 0.300. The first kappa shape index (κ1) is 27.5. The van der Waals surface area contributed by atoms with Crippen molar-refractivity contribution >= 4 is 29.1 Å². The Morgan fingerprint density at radius 1 is 1.23 bits per heavy atom. The number of urea groups is 1. The van der Waals surface area contributed by atoms with E-state index in [0.29, 0.717) is 54.2 Å². The zero-order valence-corrected chi connectivity index (χ0v) is 23.7. The second kappa shape index (κ2) is 11.2. The number of aryl methyl sites for hydroxylation is 2. The molecule has 2 aromatic heterocycles. The SMILES string of the molecule is Cc1cnc(N2CCc3nn(-c4c(C)cccc4OCC(C)C)c(-c4ccc(NC(N)=O)c(F)c4)c3C2)c(Cl)c1. The van der Waals surface area contributed by atoms with Crippen LogP contribution in [0.1, 0.15) is 36.2 Å². The molecular formula is C30H32ClFN6O2. The maximum atomic E-state index is 15.2. The normalized spacial score (nSPS) is 12.9. The Hall–Kier alpha value is -4.11. The molecule has 4 aromatic rings. The van der Waals surface area contributed by atoms with Crippen LogP contribution in [0.3, 0.4) is 0 Å². The molecule has 1 aliphatic heterocycles. The highest BCUT2D eigenvalue weighted by molar-refractivity contribution is 6.33. The van der Waals surface area contributed by atoms with Gasteiger partial charge in [0.2, 0.25) is 0 Å². The van der Waals surface area contributed by atoms with Gasteiger partial charge in [-0.15, -0.1) is 0 Å². The monoisotopic (exact) mass is 562 g/mol. The van der Waals surface area contributed by atoms with Gasteiger partial charge in [-0.2, -0.15) is 5.10 Å². The Bertz CT molecular complexity index is 1580. The van der Waals surface area contributed by atoms with E-state index in [1.807, 2.05) is 42.8 Å². The maximum absolute atomic E-state index is 15.2. The molecule has 5 rings (SSSR count). The predicted octanol–water partition coefficient (Wildman–Crippen LogP) is 6.43. The number of aromatic nitrogens is 3. The van der Waals surface area contributed by atoms with Crippen molar-refractivity contribution < 1.29 is 13.9 Å². The summed E-state index contributed by atoms with van der Waals surface area (Å²) in [5.41, 5.74) is 11.2. The topological polar surface area (TPSA) is 98.3 Å². The van der Waals surface area contributed by atoms with Crippen molar-refractivity contribution in [1.29, 1.82) is 0 Å². The van der Waals surface area contributed by atoms with Crippen LogP contribution in [0.25, 0.3) is 16.9 Å². The first-order valence-corrected chi connectivity index (χ1v) is 13.6. The van der Waals surface area contributed by atoms with Crippen molar-refractivity contribution in [2.75, 3.05) is 23.4 Å². The van der Waals surface area contributed by atoms with E-state index in [2.05, 4.69) is 29.0 Å². The molecule has 0 radical (unpaired) electrons. The van der Waals surface area contributed by atoms with Crippen molar-refractivity contribution in [3.8, 4) is 22.7 Å². The van der Waals surface area contributed by atoms with Gasteiger partial charge in [-0.25, -0.2) is 18.9 Å². The van der Waals surface area contributed by atoms with Crippen LogP contribution in [-0.4, -0.2) is 33.9 Å². The quantitative estimate of drug-likeness (QED) is 0.270. The van der Waals surface area contributed by atoms with Crippen LogP contribution < -0.4 is 20.7 Å². The molecule has 0 bridgehead atoms. The van der Waals surface area contributed by atoms with E-state index < -0.39 is 11.8 Å². The Labute approximate surface area is 237 Å².